The van der Waals surface area contributed by atoms with E-state index in [1.807, 2.05) is 23.1 Å². The molecule has 1 aliphatic rings. The second-order valence-corrected chi connectivity index (χ2v) is 6.96. The zero-order chi connectivity index (χ0) is 18.7. The Bertz CT molecular complexity index is 699. The molecule has 0 atom stereocenters. The van der Waals surface area contributed by atoms with E-state index in [1.54, 1.807) is 7.05 Å². The van der Waals surface area contributed by atoms with Gasteiger partial charge in [0.2, 0.25) is 0 Å². The Balaban J connectivity index is 0.00000280. The van der Waals surface area contributed by atoms with Crippen molar-refractivity contribution in [1.82, 2.24) is 20.4 Å². The van der Waals surface area contributed by atoms with Crippen LogP contribution in [0.3, 0.4) is 0 Å². The maximum absolute atomic E-state index is 5.90. The number of ether oxygens (including phenoxy) is 1. The van der Waals surface area contributed by atoms with Crippen molar-refractivity contribution < 1.29 is 4.74 Å². The summed E-state index contributed by atoms with van der Waals surface area (Å²) in [5.41, 5.74) is 2.51. The van der Waals surface area contributed by atoms with Crippen molar-refractivity contribution in [1.29, 1.82) is 0 Å². The van der Waals surface area contributed by atoms with Gasteiger partial charge in [-0.05, 0) is 36.5 Å². The van der Waals surface area contributed by atoms with Crippen LogP contribution < -0.4 is 10.6 Å². The molecule has 1 aliphatic carbocycles. The van der Waals surface area contributed by atoms with E-state index in [9.17, 15) is 0 Å². The summed E-state index contributed by atoms with van der Waals surface area (Å²) in [6, 6.07) is 10.4. The molecular formula is C21H32IN5O. The van der Waals surface area contributed by atoms with E-state index < -0.39 is 0 Å². The molecule has 1 fully saturated rings. The Kier molecular flexibility index (Phi) is 10.3. The van der Waals surface area contributed by atoms with Crippen LogP contribution in [0, 0.1) is 0 Å². The first-order valence-corrected chi connectivity index (χ1v) is 9.95. The Morgan fingerprint density at radius 3 is 2.68 bits per heavy atom. The van der Waals surface area contributed by atoms with Gasteiger partial charge in [-0.15, -0.1) is 24.0 Å². The lowest BCUT2D eigenvalue weighted by atomic mass is 10.1. The monoisotopic (exact) mass is 497 g/mol. The van der Waals surface area contributed by atoms with Crippen molar-refractivity contribution in [2.24, 2.45) is 4.99 Å². The van der Waals surface area contributed by atoms with Gasteiger partial charge in [-0.25, -0.2) is 0 Å². The molecule has 1 heterocycles. The van der Waals surface area contributed by atoms with Crippen molar-refractivity contribution in [2.75, 3.05) is 20.2 Å². The van der Waals surface area contributed by atoms with Gasteiger partial charge in [-0.3, -0.25) is 9.67 Å². The Morgan fingerprint density at radius 2 is 1.96 bits per heavy atom. The highest BCUT2D eigenvalue weighted by Gasteiger charge is 2.14. The average Bonchev–Trinajstić information content (AvgIpc) is 3.39. The van der Waals surface area contributed by atoms with Gasteiger partial charge in [0.25, 0.3) is 0 Å². The molecule has 1 aromatic heterocycles. The van der Waals surface area contributed by atoms with Gasteiger partial charge in [-0.2, -0.15) is 5.10 Å². The number of rotatable bonds is 9. The Morgan fingerprint density at radius 1 is 1.18 bits per heavy atom. The summed E-state index contributed by atoms with van der Waals surface area (Å²) in [6.07, 6.45) is 10.4. The van der Waals surface area contributed by atoms with Crippen LogP contribution >= 0.6 is 24.0 Å². The number of benzene rings is 1. The Hall–Kier alpha value is -1.61. The molecule has 0 bridgehead atoms. The van der Waals surface area contributed by atoms with Crippen molar-refractivity contribution in [3.05, 3.63) is 53.9 Å². The summed E-state index contributed by atoms with van der Waals surface area (Å²) in [6.45, 7) is 3.19. The maximum Gasteiger partial charge on any atom is 0.191 e. The highest BCUT2D eigenvalue weighted by atomic mass is 127. The third-order valence-electron chi connectivity index (χ3n) is 4.95. The minimum atomic E-state index is 0. The molecule has 3 rings (SSSR count). The van der Waals surface area contributed by atoms with E-state index >= 15 is 0 Å². The van der Waals surface area contributed by atoms with E-state index in [1.165, 1.54) is 36.8 Å². The molecule has 1 saturated carbocycles. The standard InChI is InChI=1S/C21H31N5O.HI/c1-22-21(23-12-7-15-27-20-10-4-5-11-20)24-16-18-8-2-3-9-19(18)17-26-14-6-13-25-26;/h2-3,6,8-9,13-14,20H,4-5,7,10-12,15-17H2,1H3,(H2,22,23,24);1H. The minimum absolute atomic E-state index is 0. The summed E-state index contributed by atoms with van der Waals surface area (Å²) in [4.78, 5) is 4.32. The van der Waals surface area contributed by atoms with E-state index in [0.29, 0.717) is 6.10 Å². The first-order valence-electron chi connectivity index (χ1n) is 9.95. The summed E-state index contributed by atoms with van der Waals surface area (Å²) < 4.78 is 7.85. The molecule has 2 aromatic rings. The van der Waals surface area contributed by atoms with Crippen molar-refractivity contribution in [2.45, 2.75) is 51.3 Å². The van der Waals surface area contributed by atoms with Crippen LogP contribution in [0.25, 0.3) is 0 Å². The highest BCUT2D eigenvalue weighted by molar-refractivity contribution is 14.0. The maximum atomic E-state index is 5.90. The van der Waals surface area contributed by atoms with Crippen molar-refractivity contribution in [3.8, 4) is 0 Å². The Labute approximate surface area is 185 Å². The molecule has 6 nitrogen and oxygen atoms in total. The second kappa shape index (κ2) is 12.8. The molecule has 0 unspecified atom stereocenters. The van der Waals surface area contributed by atoms with E-state index in [0.717, 1.165) is 38.6 Å². The molecule has 0 spiro atoms. The van der Waals surface area contributed by atoms with Crippen molar-refractivity contribution in [3.63, 3.8) is 0 Å². The van der Waals surface area contributed by atoms with Crippen LogP contribution in [-0.2, 0) is 17.8 Å². The van der Waals surface area contributed by atoms with Crippen LogP contribution in [0.1, 0.15) is 43.2 Å². The van der Waals surface area contributed by atoms with Crippen molar-refractivity contribution >= 4 is 29.9 Å². The lowest BCUT2D eigenvalue weighted by molar-refractivity contribution is 0.0574. The molecular weight excluding hydrogens is 465 g/mol. The number of aliphatic imine (C=N–C) groups is 1. The van der Waals surface area contributed by atoms with Crippen LogP contribution in [0.5, 0.6) is 0 Å². The number of nitrogens with one attached hydrogen (secondary N) is 2. The van der Waals surface area contributed by atoms with Gasteiger partial charge >= 0.3 is 0 Å². The number of halogens is 1. The van der Waals surface area contributed by atoms with Crippen LogP contribution in [0.2, 0.25) is 0 Å². The van der Waals surface area contributed by atoms with E-state index in [4.69, 9.17) is 4.74 Å². The number of guanidine groups is 1. The fourth-order valence-corrected chi connectivity index (χ4v) is 3.44. The normalized spacial score (nSPS) is 14.7. The SMILES string of the molecule is CN=C(NCCCOC1CCCC1)NCc1ccccc1Cn1cccn1.I. The summed E-state index contributed by atoms with van der Waals surface area (Å²) in [5, 5.41) is 11.1. The summed E-state index contributed by atoms with van der Waals surface area (Å²) in [7, 11) is 1.81. The lowest BCUT2D eigenvalue weighted by Gasteiger charge is -2.15. The fourth-order valence-electron chi connectivity index (χ4n) is 3.44. The first kappa shape index (κ1) is 22.7. The zero-order valence-electron chi connectivity index (χ0n) is 16.6. The molecule has 154 valence electrons. The smallest absolute Gasteiger partial charge is 0.191 e. The van der Waals surface area contributed by atoms with Gasteiger partial charge in [0.1, 0.15) is 0 Å². The molecule has 2 N–H and O–H groups in total. The highest BCUT2D eigenvalue weighted by Crippen LogP contribution is 2.20. The van der Waals surface area contributed by atoms with Crippen LogP contribution in [0.4, 0.5) is 0 Å². The van der Waals surface area contributed by atoms with Gasteiger partial charge in [0.15, 0.2) is 5.96 Å². The average molecular weight is 497 g/mol. The lowest BCUT2D eigenvalue weighted by Crippen LogP contribution is -2.37. The molecule has 0 saturated heterocycles. The number of aromatic nitrogens is 2. The summed E-state index contributed by atoms with van der Waals surface area (Å²) >= 11 is 0. The largest absolute Gasteiger partial charge is 0.378 e. The fraction of sp³-hybridized carbons (Fsp3) is 0.524. The molecule has 1 aromatic carbocycles. The third kappa shape index (κ3) is 7.43. The molecule has 0 radical (unpaired) electrons. The van der Waals surface area contributed by atoms with Gasteiger partial charge < -0.3 is 15.4 Å². The predicted octanol–water partition coefficient (Wildman–Crippen LogP) is 3.56. The quantitative estimate of drug-likeness (QED) is 0.241. The van der Waals surface area contributed by atoms with E-state index in [2.05, 4.69) is 45.0 Å². The topological polar surface area (TPSA) is 63.5 Å². The molecule has 0 amide bonds. The predicted molar refractivity (Wildman–Crippen MR) is 124 cm³/mol. The molecule has 0 aliphatic heterocycles. The zero-order valence-corrected chi connectivity index (χ0v) is 19.0. The van der Waals surface area contributed by atoms with E-state index in [-0.39, 0.29) is 24.0 Å². The number of hydrogen-bond acceptors (Lipinski definition) is 3. The van der Waals surface area contributed by atoms with Gasteiger partial charge in [-0.1, -0.05) is 37.1 Å². The molecule has 7 heteroatoms. The van der Waals surface area contributed by atoms with Crippen LogP contribution in [-0.4, -0.2) is 42.0 Å². The minimum Gasteiger partial charge on any atom is -0.378 e. The first-order chi connectivity index (χ1) is 13.3. The van der Waals surface area contributed by atoms with Gasteiger partial charge in [0.05, 0.1) is 12.6 Å². The van der Waals surface area contributed by atoms with Crippen LogP contribution in [0.15, 0.2) is 47.7 Å². The number of nitrogens with zero attached hydrogens (tertiary/aromatic N) is 3. The summed E-state index contributed by atoms with van der Waals surface area (Å²) in [5.74, 6) is 0.824. The van der Waals surface area contributed by atoms with Gasteiger partial charge in [0, 0.05) is 39.1 Å². The third-order valence-corrected chi connectivity index (χ3v) is 4.95. The molecule has 28 heavy (non-hydrogen) atoms. The number of hydrogen-bond donors (Lipinski definition) is 2. The second-order valence-electron chi connectivity index (χ2n) is 6.96.